The van der Waals surface area contributed by atoms with Crippen LogP contribution in [0.4, 0.5) is 17.3 Å². The van der Waals surface area contributed by atoms with Gasteiger partial charge in [-0.25, -0.2) is 23.4 Å². The van der Waals surface area contributed by atoms with E-state index < -0.39 is 9.84 Å². The third-order valence-electron chi connectivity index (χ3n) is 5.21. The van der Waals surface area contributed by atoms with E-state index in [-0.39, 0.29) is 11.7 Å². The molecule has 7 nitrogen and oxygen atoms in total. The van der Waals surface area contributed by atoms with Crippen LogP contribution in [0.15, 0.2) is 43.0 Å². The predicted molar refractivity (Wildman–Crippen MR) is 117 cm³/mol. The fourth-order valence-electron chi connectivity index (χ4n) is 3.89. The Labute approximate surface area is 171 Å². The van der Waals surface area contributed by atoms with E-state index in [1.807, 2.05) is 6.20 Å². The van der Waals surface area contributed by atoms with Gasteiger partial charge in [-0.3, -0.25) is 0 Å². The lowest BCUT2D eigenvalue weighted by Crippen LogP contribution is -2.49. The van der Waals surface area contributed by atoms with Crippen molar-refractivity contribution >= 4 is 37.9 Å². The molecule has 8 heteroatoms. The Kier molecular flexibility index (Phi) is 5.12. The molecule has 0 spiro atoms. The lowest BCUT2D eigenvalue weighted by atomic mass is 9.93. The van der Waals surface area contributed by atoms with Gasteiger partial charge in [-0.2, -0.15) is 0 Å². The molecule has 1 aliphatic heterocycles. The summed E-state index contributed by atoms with van der Waals surface area (Å²) in [5, 5.41) is 5.46. The smallest absolute Gasteiger partial charge is 0.147 e. The summed E-state index contributed by atoms with van der Waals surface area (Å²) in [4.78, 5) is 15.0. The molecule has 2 aromatic heterocycles. The number of hydrogen-bond acceptors (Lipinski definition) is 7. The Morgan fingerprint density at radius 1 is 1.14 bits per heavy atom. The summed E-state index contributed by atoms with van der Waals surface area (Å²) in [5.41, 5.74) is 2.36. The molecule has 1 aromatic carbocycles. The van der Waals surface area contributed by atoms with Crippen LogP contribution in [0.2, 0.25) is 0 Å². The molecule has 152 valence electrons. The fraction of sp³-hybridized carbons (Fsp3) is 0.381. The number of aromatic nitrogens is 3. The van der Waals surface area contributed by atoms with E-state index in [2.05, 4.69) is 57.2 Å². The Balaban J connectivity index is 1.66. The normalized spacial score (nSPS) is 15.0. The number of sulfone groups is 1. The third-order valence-corrected chi connectivity index (χ3v) is 6.29. The molecule has 0 bridgehead atoms. The number of benzene rings is 1. The molecule has 1 aliphatic rings. The highest BCUT2D eigenvalue weighted by atomic mass is 32.2. The second kappa shape index (κ2) is 7.59. The van der Waals surface area contributed by atoms with Crippen LogP contribution in [0.5, 0.6) is 0 Å². The van der Waals surface area contributed by atoms with Crippen molar-refractivity contribution in [3.8, 4) is 0 Å². The SMILES string of the molecule is CC(C)c1ccc(N2CC(CS(C)(=O)=O)C2)c2cnc(Nc3ccncn3)cc12. The predicted octanol–water partition coefficient (Wildman–Crippen LogP) is 3.37. The molecule has 1 saturated heterocycles. The zero-order valence-electron chi connectivity index (χ0n) is 16.8. The molecule has 4 rings (SSSR count). The standard InChI is InChI=1S/C21H25N5O2S/c1-14(2)16-4-5-19(26-10-15(11-26)12-29(3,27)28)18-9-23-21(8-17(16)18)25-20-6-7-22-13-24-20/h4-9,13-15H,10-12H2,1-3H3,(H,22,23,24,25). The number of nitrogens with zero attached hydrogens (tertiary/aromatic N) is 4. The molecule has 1 fully saturated rings. The lowest BCUT2D eigenvalue weighted by Gasteiger charge is -2.41. The first-order chi connectivity index (χ1) is 13.8. The molecule has 0 aliphatic carbocycles. The van der Waals surface area contributed by atoms with E-state index >= 15 is 0 Å². The van der Waals surface area contributed by atoms with Crippen molar-refractivity contribution < 1.29 is 8.42 Å². The average molecular weight is 412 g/mol. The number of hydrogen-bond donors (Lipinski definition) is 1. The van der Waals surface area contributed by atoms with Crippen molar-refractivity contribution in [1.29, 1.82) is 0 Å². The van der Waals surface area contributed by atoms with Crippen LogP contribution in [0.25, 0.3) is 10.8 Å². The van der Waals surface area contributed by atoms with Crippen LogP contribution in [0.3, 0.4) is 0 Å². The Morgan fingerprint density at radius 2 is 1.93 bits per heavy atom. The van der Waals surface area contributed by atoms with Crippen molar-refractivity contribution in [2.24, 2.45) is 5.92 Å². The van der Waals surface area contributed by atoms with Crippen molar-refractivity contribution in [1.82, 2.24) is 15.0 Å². The van der Waals surface area contributed by atoms with Gasteiger partial charge in [0.1, 0.15) is 27.8 Å². The molecule has 0 amide bonds. The zero-order chi connectivity index (χ0) is 20.6. The minimum atomic E-state index is -2.94. The highest BCUT2D eigenvalue weighted by molar-refractivity contribution is 7.90. The largest absolute Gasteiger partial charge is 0.370 e. The number of nitrogens with one attached hydrogen (secondary N) is 1. The molecule has 3 aromatic rings. The molecule has 0 unspecified atom stereocenters. The summed E-state index contributed by atoms with van der Waals surface area (Å²) in [6, 6.07) is 8.16. The first kappa shape index (κ1) is 19.6. The average Bonchev–Trinajstić information content (AvgIpc) is 2.63. The molecule has 0 atom stereocenters. The summed E-state index contributed by atoms with van der Waals surface area (Å²) in [6.45, 7) is 5.87. The second-order valence-electron chi connectivity index (χ2n) is 8.03. The van der Waals surface area contributed by atoms with E-state index in [1.165, 1.54) is 18.1 Å². The van der Waals surface area contributed by atoms with Gasteiger partial charge in [-0.15, -0.1) is 0 Å². The van der Waals surface area contributed by atoms with Crippen LogP contribution < -0.4 is 10.2 Å². The van der Waals surface area contributed by atoms with Gasteiger partial charge in [0.25, 0.3) is 0 Å². The molecular weight excluding hydrogens is 386 g/mol. The van der Waals surface area contributed by atoms with Gasteiger partial charge in [0.15, 0.2) is 0 Å². The molecule has 0 saturated carbocycles. The summed E-state index contributed by atoms with van der Waals surface area (Å²) in [6.07, 6.45) is 6.38. The fourth-order valence-corrected chi connectivity index (χ4v) is 4.96. The van der Waals surface area contributed by atoms with Gasteiger partial charge < -0.3 is 10.2 Å². The Bertz CT molecular complexity index is 1130. The van der Waals surface area contributed by atoms with E-state index in [1.54, 1.807) is 12.3 Å². The molecule has 3 heterocycles. The van der Waals surface area contributed by atoms with Gasteiger partial charge in [-0.1, -0.05) is 19.9 Å². The van der Waals surface area contributed by atoms with Gasteiger partial charge >= 0.3 is 0 Å². The summed E-state index contributed by atoms with van der Waals surface area (Å²) in [7, 11) is -2.94. The van der Waals surface area contributed by atoms with E-state index in [0.29, 0.717) is 11.7 Å². The monoisotopic (exact) mass is 411 g/mol. The molecule has 1 N–H and O–H groups in total. The number of rotatable bonds is 6. The highest BCUT2D eigenvalue weighted by Gasteiger charge is 2.30. The first-order valence-electron chi connectivity index (χ1n) is 9.68. The Morgan fingerprint density at radius 3 is 2.59 bits per heavy atom. The Hall–Kier alpha value is -2.74. The van der Waals surface area contributed by atoms with E-state index in [0.717, 1.165) is 35.4 Å². The van der Waals surface area contributed by atoms with Gasteiger partial charge in [-0.05, 0) is 35.1 Å². The maximum Gasteiger partial charge on any atom is 0.147 e. The maximum absolute atomic E-state index is 11.6. The molecule has 29 heavy (non-hydrogen) atoms. The number of fused-ring (bicyclic) bond motifs is 1. The number of pyridine rings is 1. The van der Waals surface area contributed by atoms with Gasteiger partial charge in [0, 0.05) is 48.7 Å². The number of anilines is 3. The zero-order valence-corrected chi connectivity index (χ0v) is 17.6. The second-order valence-corrected chi connectivity index (χ2v) is 10.2. The maximum atomic E-state index is 11.6. The van der Waals surface area contributed by atoms with E-state index in [9.17, 15) is 8.42 Å². The summed E-state index contributed by atoms with van der Waals surface area (Å²) in [5.74, 6) is 2.23. The van der Waals surface area contributed by atoms with Crippen LogP contribution in [0.1, 0.15) is 25.3 Å². The highest BCUT2D eigenvalue weighted by Crippen LogP contribution is 2.37. The summed E-state index contributed by atoms with van der Waals surface area (Å²) >= 11 is 0. The molecule has 0 radical (unpaired) electrons. The molecular formula is C21H25N5O2S. The van der Waals surface area contributed by atoms with Gasteiger partial charge in [0.05, 0.1) is 5.75 Å². The first-order valence-corrected chi connectivity index (χ1v) is 11.7. The summed E-state index contributed by atoms with van der Waals surface area (Å²) < 4.78 is 23.1. The van der Waals surface area contributed by atoms with E-state index in [4.69, 9.17) is 0 Å². The van der Waals surface area contributed by atoms with Crippen molar-refractivity contribution in [2.75, 3.05) is 35.3 Å². The quantitative estimate of drug-likeness (QED) is 0.665. The van der Waals surface area contributed by atoms with Crippen LogP contribution in [0, 0.1) is 5.92 Å². The third kappa shape index (κ3) is 4.32. The van der Waals surface area contributed by atoms with Gasteiger partial charge in [0.2, 0.25) is 0 Å². The van der Waals surface area contributed by atoms with Crippen LogP contribution in [-0.2, 0) is 9.84 Å². The minimum absolute atomic E-state index is 0.191. The minimum Gasteiger partial charge on any atom is -0.370 e. The van der Waals surface area contributed by atoms with Crippen molar-refractivity contribution in [3.63, 3.8) is 0 Å². The van der Waals surface area contributed by atoms with Crippen molar-refractivity contribution in [3.05, 3.63) is 48.5 Å². The van der Waals surface area contributed by atoms with Crippen LogP contribution >= 0.6 is 0 Å². The van der Waals surface area contributed by atoms with Crippen molar-refractivity contribution in [2.45, 2.75) is 19.8 Å². The topological polar surface area (TPSA) is 88.1 Å². The van der Waals surface area contributed by atoms with Crippen LogP contribution in [-0.4, -0.2) is 48.5 Å². The lowest BCUT2D eigenvalue weighted by molar-refractivity contribution is 0.445.